The number of nitrogens with one attached hydrogen (secondary N) is 1. The zero-order valence-electron chi connectivity index (χ0n) is 10.8. The summed E-state index contributed by atoms with van der Waals surface area (Å²) in [5, 5.41) is 3.33. The molecule has 0 saturated carbocycles. The lowest BCUT2D eigenvalue weighted by Crippen LogP contribution is -2.13. The summed E-state index contributed by atoms with van der Waals surface area (Å²) in [7, 11) is 0. The van der Waals surface area contributed by atoms with Crippen molar-refractivity contribution in [3.63, 3.8) is 0 Å². The first kappa shape index (κ1) is 13.4. The summed E-state index contributed by atoms with van der Waals surface area (Å²) in [6, 6.07) is 10.7. The Kier molecular flexibility index (Phi) is 3.76. The van der Waals surface area contributed by atoms with E-state index >= 15 is 0 Å². The van der Waals surface area contributed by atoms with E-state index in [1.807, 2.05) is 26.0 Å². The predicted octanol–water partition coefficient (Wildman–Crippen LogP) is 3.79. The van der Waals surface area contributed by atoms with E-state index in [4.69, 9.17) is 17.3 Å². The minimum absolute atomic E-state index is 0.221. The fourth-order valence-electron chi connectivity index (χ4n) is 1.86. The smallest absolute Gasteiger partial charge is 0.255 e. The van der Waals surface area contributed by atoms with E-state index < -0.39 is 0 Å². The van der Waals surface area contributed by atoms with Gasteiger partial charge in [0, 0.05) is 10.6 Å². The van der Waals surface area contributed by atoms with Crippen LogP contribution in [0.5, 0.6) is 0 Å². The van der Waals surface area contributed by atoms with Crippen molar-refractivity contribution in [1.82, 2.24) is 0 Å². The van der Waals surface area contributed by atoms with Gasteiger partial charge in [0.25, 0.3) is 5.91 Å². The standard InChI is InChI=1S/C15H15ClN2O/c1-9-3-4-14(13(17)7-9)18-15(19)11-5-10(2)6-12(16)8-11/h3-8H,17H2,1-2H3,(H,18,19). The molecule has 0 heterocycles. The highest BCUT2D eigenvalue weighted by Gasteiger charge is 2.09. The molecule has 3 N–H and O–H groups in total. The van der Waals surface area contributed by atoms with Crippen LogP contribution in [0.4, 0.5) is 11.4 Å². The summed E-state index contributed by atoms with van der Waals surface area (Å²) in [4.78, 5) is 12.1. The molecule has 0 aliphatic carbocycles. The number of anilines is 2. The van der Waals surface area contributed by atoms with Crippen LogP contribution >= 0.6 is 11.6 Å². The third-order valence-electron chi connectivity index (χ3n) is 2.76. The van der Waals surface area contributed by atoms with Crippen LogP contribution in [0.15, 0.2) is 36.4 Å². The highest BCUT2D eigenvalue weighted by molar-refractivity contribution is 6.31. The molecule has 0 atom stereocenters. The van der Waals surface area contributed by atoms with E-state index in [-0.39, 0.29) is 5.91 Å². The molecule has 0 bridgehead atoms. The number of carbonyl (C=O) groups is 1. The zero-order valence-corrected chi connectivity index (χ0v) is 11.6. The van der Waals surface area contributed by atoms with Gasteiger partial charge in [0.2, 0.25) is 0 Å². The maximum absolute atomic E-state index is 12.1. The van der Waals surface area contributed by atoms with Crippen molar-refractivity contribution in [1.29, 1.82) is 0 Å². The number of aryl methyl sites for hydroxylation is 2. The van der Waals surface area contributed by atoms with Crippen molar-refractivity contribution in [2.24, 2.45) is 0 Å². The summed E-state index contributed by atoms with van der Waals surface area (Å²) in [5.74, 6) is -0.221. The Morgan fingerprint density at radius 1 is 1.11 bits per heavy atom. The Morgan fingerprint density at radius 3 is 2.47 bits per heavy atom. The zero-order chi connectivity index (χ0) is 14.0. The topological polar surface area (TPSA) is 55.1 Å². The summed E-state index contributed by atoms with van der Waals surface area (Å²) < 4.78 is 0. The van der Waals surface area contributed by atoms with Crippen molar-refractivity contribution in [3.05, 3.63) is 58.1 Å². The van der Waals surface area contributed by atoms with Crippen molar-refractivity contribution >= 4 is 28.9 Å². The highest BCUT2D eigenvalue weighted by Crippen LogP contribution is 2.21. The molecule has 0 spiro atoms. The van der Waals surface area contributed by atoms with Gasteiger partial charge in [-0.05, 0) is 55.3 Å². The molecule has 0 fully saturated rings. The Hall–Kier alpha value is -2.00. The number of halogens is 1. The van der Waals surface area contributed by atoms with E-state index in [1.165, 1.54) is 0 Å². The molecule has 4 heteroatoms. The largest absolute Gasteiger partial charge is 0.397 e. The normalized spacial score (nSPS) is 10.3. The third kappa shape index (κ3) is 3.26. The lowest BCUT2D eigenvalue weighted by Gasteiger charge is -2.09. The van der Waals surface area contributed by atoms with Crippen LogP contribution in [-0.2, 0) is 0 Å². The van der Waals surface area contributed by atoms with Gasteiger partial charge in [-0.15, -0.1) is 0 Å². The molecule has 2 rings (SSSR count). The van der Waals surface area contributed by atoms with Gasteiger partial charge in [0.05, 0.1) is 11.4 Å². The number of benzene rings is 2. The number of amides is 1. The molecule has 0 aromatic heterocycles. The van der Waals surface area contributed by atoms with Gasteiger partial charge in [0.15, 0.2) is 0 Å². The maximum Gasteiger partial charge on any atom is 0.255 e. The Labute approximate surface area is 117 Å². The van der Waals surface area contributed by atoms with Gasteiger partial charge in [0.1, 0.15) is 0 Å². The van der Waals surface area contributed by atoms with E-state index in [0.717, 1.165) is 11.1 Å². The number of nitrogen functional groups attached to an aromatic ring is 1. The maximum atomic E-state index is 12.1. The molecule has 19 heavy (non-hydrogen) atoms. The van der Waals surface area contributed by atoms with E-state index in [0.29, 0.717) is 22.0 Å². The second-order valence-corrected chi connectivity index (χ2v) is 5.00. The van der Waals surface area contributed by atoms with Gasteiger partial charge < -0.3 is 11.1 Å². The van der Waals surface area contributed by atoms with Crippen molar-refractivity contribution < 1.29 is 4.79 Å². The molecule has 0 unspecified atom stereocenters. The van der Waals surface area contributed by atoms with Gasteiger partial charge >= 0.3 is 0 Å². The van der Waals surface area contributed by atoms with Crippen molar-refractivity contribution in [2.45, 2.75) is 13.8 Å². The summed E-state index contributed by atoms with van der Waals surface area (Å²) in [5.41, 5.74) is 9.53. The van der Waals surface area contributed by atoms with Crippen LogP contribution in [0.25, 0.3) is 0 Å². The average Bonchev–Trinajstić information content (AvgIpc) is 2.31. The van der Waals surface area contributed by atoms with Crippen molar-refractivity contribution in [3.8, 4) is 0 Å². The lowest BCUT2D eigenvalue weighted by molar-refractivity contribution is 0.102. The molecule has 3 nitrogen and oxygen atoms in total. The SMILES string of the molecule is Cc1cc(Cl)cc(C(=O)Nc2ccc(C)cc2N)c1. The van der Waals surface area contributed by atoms with Crippen molar-refractivity contribution in [2.75, 3.05) is 11.1 Å². The van der Waals surface area contributed by atoms with Gasteiger partial charge in [-0.3, -0.25) is 4.79 Å². The number of nitrogens with two attached hydrogens (primary N) is 1. The molecule has 98 valence electrons. The van der Waals surface area contributed by atoms with Gasteiger partial charge in [-0.2, -0.15) is 0 Å². The molecule has 0 aliphatic rings. The Balaban J connectivity index is 2.25. The fraction of sp³-hybridized carbons (Fsp3) is 0.133. The molecule has 2 aromatic rings. The first-order valence-electron chi connectivity index (χ1n) is 5.90. The van der Waals surface area contributed by atoms with Crippen LogP contribution in [0.1, 0.15) is 21.5 Å². The predicted molar refractivity (Wildman–Crippen MR) is 79.7 cm³/mol. The summed E-state index contributed by atoms with van der Waals surface area (Å²) in [6.45, 7) is 3.84. The molecule has 1 amide bonds. The Morgan fingerprint density at radius 2 is 1.84 bits per heavy atom. The van der Waals surface area contributed by atoms with Gasteiger partial charge in [-0.1, -0.05) is 17.7 Å². The monoisotopic (exact) mass is 274 g/mol. The van der Waals surface area contributed by atoms with Crippen LogP contribution in [0.2, 0.25) is 5.02 Å². The van der Waals surface area contributed by atoms with Crippen LogP contribution in [0.3, 0.4) is 0 Å². The average molecular weight is 275 g/mol. The molecular formula is C15H15ClN2O. The van der Waals surface area contributed by atoms with E-state index in [1.54, 1.807) is 24.3 Å². The second-order valence-electron chi connectivity index (χ2n) is 4.56. The Bertz CT molecular complexity index is 618. The fourth-order valence-corrected chi connectivity index (χ4v) is 2.15. The minimum Gasteiger partial charge on any atom is -0.397 e. The molecule has 0 saturated heterocycles. The second kappa shape index (κ2) is 5.33. The molecule has 0 aliphatic heterocycles. The quantitative estimate of drug-likeness (QED) is 0.819. The minimum atomic E-state index is -0.221. The van der Waals surface area contributed by atoms with Crippen LogP contribution in [0, 0.1) is 13.8 Å². The van der Waals surface area contributed by atoms with Gasteiger partial charge in [-0.25, -0.2) is 0 Å². The molecule has 2 aromatic carbocycles. The number of hydrogen-bond donors (Lipinski definition) is 2. The summed E-state index contributed by atoms with van der Waals surface area (Å²) in [6.07, 6.45) is 0. The number of rotatable bonds is 2. The number of hydrogen-bond acceptors (Lipinski definition) is 2. The summed E-state index contributed by atoms with van der Waals surface area (Å²) >= 11 is 5.94. The highest BCUT2D eigenvalue weighted by atomic mass is 35.5. The first-order valence-corrected chi connectivity index (χ1v) is 6.28. The van der Waals surface area contributed by atoms with Crippen LogP contribution in [-0.4, -0.2) is 5.91 Å². The molecular weight excluding hydrogens is 260 g/mol. The molecule has 0 radical (unpaired) electrons. The van der Waals surface area contributed by atoms with E-state index in [2.05, 4.69) is 5.32 Å². The number of carbonyl (C=O) groups excluding carboxylic acids is 1. The van der Waals surface area contributed by atoms with E-state index in [9.17, 15) is 4.79 Å². The first-order chi connectivity index (χ1) is 8.95. The third-order valence-corrected chi connectivity index (χ3v) is 2.98. The lowest BCUT2D eigenvalue weighted by atomic mass is 10.1. The van der Waals surface area contributed by atoms with Crippen LogP contribution < -0.4 is 11.1 Å².